The zero-order valence-electron chi connectivity index (χ0n) is 12.5. The minimum Gasteiger partial charge on any atom is -0.495 e. The molecule has 5 nitrogen and oxygen atoms in total. The van der Waals surface area contributed by atoms with Gasteiger partial charge in [-0.25, -0.2) is 0 Å². The Morgan fingerprint density at radius 1 is 1.40 bits per heavy atom. The molecule has 1 atom stereocenters. The molecule has 0 spiro atoms. The number of likely N-dealkylation sites (N-methyl/N-ethyl adjacent to an activating group) is 1. The van der Waals surface area contributed by atoms with E-state index in [1.54, 1.807) is 20.4 Å². The largest absolute Gasteiger partial charge is 0.495 e. The van der Waals surface area contributed by atoms with Gasteiger partial charge in [-0.3, -0.25) is 4.98 Å². The van der Waals surface area contributed by atoms with Gasteiger partial charge in [-0.1, -0.05) is 6.92 Å². The Morgan fingerprint density at radius 2 is 2.15 bits per heavy atom. The second-order valence-electron chi connectivity index (χ2n) is 4.96. The molecule has 1 N–H and O–H groups in total. The minimum atomic E-state index is -0.296. The van der Waals surface area contributed by atoms with Gasteiger partial charge in [0.1, 0.15) is 11.4 Å². The van der Waals surface area contributed by atoms with E-state index in [0.29, 0.717) is 13.2 Å². The van der Waals surface area contributed by atoms with E-state index in [-0.39, 0.29) is 11.6 Å². The average Bonchev–Trinajstić information content (AvgIpc) is 2.53. The fraction of sp³-hybridized carbons (Fsp3) is 0.667. The van der Waals surface area contributed by atoms with Crippen molar-refractivity contribution >= 4 is 0 Å². The normalized spacial score (nSPS) is 19.6. The predicted molar refractivity (Wildman–Crippen MR) is 77.0 cm³/mol. The lowest BCUT2D eigenvalue weighted by Crippen LogP contribution is -2.49. The molecule has 1 aromatic heterocycles. The van der Waals surface area contributed by atoms with Gasteiger partial charge in [0.15, 0.2) is 0 Å². The Bertz CT molecular complexity index is 419. The van der Waals surface area contributed by atoms with Gasteiger partial charge in [0.05, 0.1) is 18.8 Å². The first-order valence-electron chi connectivity index (χ1n) is 7.12. The molecule has 2 rings (SSSR count). The summed E-state index contributed by atoms with van der Waals surface area (Å²) < 4.78 is 16.9. The van der Waals surface area contributed by atoms with Crippen molar-refractivity contribution in [1.29, 1.82) is 0 Å². The molecule has 20 heavy (non-hydrogen) atoms. The molecular formula is C15H24N2O3. The van der Waals surface area contributed by atoms with Gasteiger partial charge in [0.25, 0.3) is 0 Å². The summed E-state index contributed by atoms with van der Waals surface area (Å²) in [6.07, 6.45) is 3.49. The summed E-state index contributed by atoms with van der Waals surface area (Å²) in [4.78, 5) is 4.53. The lowest BCUT2D eigenvalue weighted by Gasteiger charge is -2.42. The van der Waals surface area contributed by atoms with Gasteiger partial charge in [0.2, 0.25) is 0 Å². The first-order valence-corrected chi connectivity index (χ1v) is 7.12. The van der Waals surface area contributed by atoms with Crippen LogP contribution in [0.2, 0.25) is 0 Å². The second-order valence-corrected chi connectivity index (χ2v) is 4.96. The standard InChI is InChI=1S/C15H24N2O3/c1-4-16-14(13-12(18-2)6-5-9-17-13)15(19-3)7-10-20-11-8-15/h5-6,9,14,16H,4,7-8,10-11H2,1-3H3. The summed E-state index contributed by atoms with van der Waals surface area (Å²) in [7, 11) is 3.44. The molecule has 112 valence electrons. The molecule has 0 aromatic carbocycles. The van der Waals surface area contributed by atoms with Crippen molar-refractivity contribution in [2.45, 2.75) is 31.4 Å². The summed E-state index contributed by atoms with van der Waals surface area (Å²) in [5.74, 6) is 0.793. The Morgan fingerprint density at radius 3 is 2.75 bits per heavy atom. The van der Waals surface area contributed by atoms with Crippen LogP contribution in [0.15, 0.2) is 18.3 Å². The van der Waals surface area contributed by atoms with E-state index in [1.165, 1.54) is 0 Å². The molecule has 1 unspecified atom stereocenters. The molecule has 1 saturated heterocycles. The van der Waals surface area contributed by atoms with Crippen molar-refractivity contribution in [3.63, 3.8) is 0 Å². The molecule has 0 amide bonds. The van der Waals surface area contributed by atoms with Crippen LogP contribution in [-0.2, 0) is 9.47 Å². The molecule has 1 fully saturated rings. The zero-order valence-corrected chi connectivity index (χ0v) is 12.5. The minimum absolute atomic E-state index is 0.00227. The highest BCUT2D eigenvalue weighted by Gasteiger charge is 2.43. The van der Waals surface area contributed by atoms with Crippen molar-refractivity contribution in [2.24, 2.45) is 0 Å². The van der Waals surface area contributed by atoms with Crippen molar-refractivity contribution < 1.29 is 14.2 Å². The number of hydrogen-bond donors (Lipinski definition) is 1. The maximum atomic E-state index is 5.91. The van der Waals surface area contributed by atoms with Crippen molar-refractivity contribution in [3.8, 4) is 5.75 Å². The number of pyridine rings is 1. The van der Waals surface area contributed by atoms with Crippen molar-refractivity contribution in [1.82, 2.24) is 10.3 Å². The number of nitrogens with one attached hydrogen (secondary N) is 1. The van der Waals surface area contributed by atoms with Crippen LogP contribution >= 0.6 is 0 Å². The van der Waals surface area contributed by atoms with E-state index >= 15 is 0 Å². The lowest BCUT2D eigenvalue weighted by molar-refractivity contribution is -0.112. The van der Waals surface area contributed by atoms with Crippen LogP contribution in [0.4, 0.5) is 0 Å². The number of nitrogens with zero attached hydrogens (tertiary/aromatic N) is 1. The van der Waals surface area contributed by atoms with Gasteiger partial charge >= 0.3 is 0 Å². The highest BCUT2D eigenvalue weighted by molar-refractivity contribution is 5.31. The molecule has 5 heteroatoms. The van der Waals surface area contributed by atoms with E-state index in [9.17, 15) is 0 Å². The van der Waals surface area contributed by atoms with E-state index in [0.717, 1.165) is 30.8 Å². The van der Waals surface area contributed by atoms with E-state index in [2.05, 4.69) is 17.2 Å². The van der Waals surface area contributed by atoms with Crippen LogP contribution in [0.5, 0.6) is 5.75 Å². The molecule has 0 aliphatic carbocycles. The Labute approximate surface area is 120 Å². The van der Waals surface area contributed by atoms with Crippen LogP contribution in [0, 0.1) is 0 Å². The van der Waals surface area contributed by atoms with Crippen LogP contribution in [0.1, 0.15) is 31.5 Å². The van der Waals surface area contributed by atoms with E-state index in [1.807, 2.05) is 12.1 Å². The van der Waals surface area contributed by atoms with Gasteiger partial charge in [-0.05, 0) is 18.7 Å². The number of methoxy groups -OCH3 is 2. The zero-order chi connectivity index (χ0) is 14.4. The molecule has 1 aliphatic rings. The summed E-state index contributed by atoms with van der Waals surface area (Å²) in [5, 5.41) is 3.51. The van der Waals surface area contributed by atoms with Gasteiger partial charge in [0, 0.05) is 39.4 Å². The Balaban J connectivity index is 2.38. The monoisotopic (exact) mass is 280 g/mol. The number of hydrogen-bond acceptors (Lipinski definition) is 5. The van der Waals surface area contributed by atoms with Crippen LogP contribution in [0.25, 0.3) is 0 Å². The smallest absolute Gasteiger partial charge is 0.142 e. The summed E-state index contributed by atoms with van der Waals surface area (Å²) in [6, 6.07) is 3.82. The maximum Gasteiger partial charge on any atom is 0.142 e. The second kappa shape index (κ2) is 7.02. The van der Waals surface area contributed by atoms with Crippen LogP contribution in [-0.4, -0.2) is 44.6 Å². The number of ether oxygens (including phenoxy) is 3. The molecule has 0 radical (unpaired) electrons. The molecule has 1 aromatic rings. The predicted octanol–water partition coefficient (Wildman–Crippen LogP) is 1.94. The quantitative estimate of drug-likeness (QED) is 0.863. The van der Waals surface area contributed by atoms with E-state index < -0.39 is 0 Å². The highest BCUT2D eigenvalue weighted by atomic mass is 16.5. The third-order valence-corrected chi connectivity index (χ3v) is 3.97. The molecule has 0 bridgehead atoms. The topological polar surface area (TPSA) is 52.6 Å². The fourth-order valence-corrected chi connectivity index (χ4v) is 2.86. The summed E-state index contributed by atoms with van der Waals surface area (Å²) >= 11 is 0. The van der Waals surface area contributed by atoms with E-state index in [4.69, 9.17) is 14.2 Å². The third kappa shape index (κ3) is 2.95. The Hall–Kier alpha value is -1.17. The Kier molecular flexibility index (Phi) is 5.34. The van der Waals surface area contributed by atoms with Crippen molar-refractivity contribution in [2.75, 3.05) is 34.0 Å². The first-order chi connectivity index (χ1) is 9.77. The van der Waals surface area contributed by atoms with Gasteiger partial charge < -0.3 is 19.5 Å². The average molecular weight is 280 g/mol. The fourth-order valence-electron chi connectivity index (χ4n) is 2.86. The van der Waals surface area contributed by atoms with Gasteiger partial charge in [-0.2, -0.15) is 0 Å². The lowest BCUT2D eigenvalue weighted by atomic mass is 9.83. The number of aromatic nitrogens is 1. The molecule has 1 aliphatic heterocycles. The summed E-state index contributed by atoms with van der Waals surface area (Å²) in [5.41, 5.74) is 0.608. The molecule has 2 heterocycles. The number of rotatable bonds is 6. The summed E-state index contributed by atoms with van der Waals surface area (Å²) in [6.45, 7) is 4.36. The molecule has 0 saturated carbocycles. The first kappa shape index (κ1) is 15.2. The van der Waals surface area contributed by atoms with Crippen LogP contribution < -0.4 is 10.1 Å². The maximum absolute atomic E-state index is 5.91. The third-order valence-electron chi connectivity index (χ3n) is 3.97. The van der Waals surface area contributed by atoms with Crippen LogP contribution in [0.3, 0.4) is 0 Å². The highest BCUT2D eigenvalue weighted by Crippen LogP contribution is 2.39. The SMILES string of the molecule is CCNC(c1ncccc1OC)C1(OC)CCOCC1. The van der Waals surface area contributed by atoms with Gasteiger partial charge in [-0.15, -0.1) is 0 Å². The molecular weight excluding hydrogens is 256 g/mol. The van der Waals surface area contributed by atoms with Crippen molar-refractivity contribution in [3.05, 3.63) is 24.0 Å².